The van der Waals surface area contributed by atoms with Crippen molar-refractivity contribution in [3.8, 4) is 11.5 Å². The van der Waals surface area contributed by atoms with Crippen molar-refractivity contribution in [2.75, 3.05) is 6.61 Å². The van der Waals surface area contributed by atoms with Crippen LogP contribution in [0.5, 0.6) is 11.5 Å². The fourth-order valence-corrected chi connectivity index (χ4v) is 2.29. The highest BCUT2D eigenvalue weighted by atomic mass is 35.5. The minimum absolute atomic E-state index is 0.0640. The van der Waals surface area contributed by atoms with Crippen LogP contribution in [-0.2, 0) is 22.6 Å². The second-order valence-corrected chi connectivity index (χ2v) is 5.46. The van der Waals surface area contributed by atoms with Crippen LogP contribution in [0.1, 0.15) is 18.1 Å². The number of hydrogen-bond donors (Lipinski definition) is 1. The Morgan fingerprint density at radius 3 is 2.64 bits per heavy atom. The molecule has 7 nitrogen and oxygen atoms in total. The number of ether oxygens (including phenoxy) is 2. The number of carbonyl (C=O) groups is 1. The Kier molecular flexibility index (Phi) is 6.32. The van der Waals surface area contributed by atoms with Crippen LogP contribution in [0, 0.1) is 10.1 Å². The summed E-state index contributed by atoms with van der Waals surface area (Å²) in [6.07, 6.45) is 0.0640. The summed E-state index contributed by atoms with van der Waals surface area (Å²) >= 11 is 6.11. The van der Waals surface area contributed by atoms with Crippen molar-refractivity contribution in [2.24, 2.45) is 0 Å². The van der Waals surface area contributed by atoms with Crippen LogP contribution in [0.15, 0.2) is 36.4 Å². The first kappa shape index (κ1) is 18.7. The molecule has 0 saturated carbocycles. The lowest BCUT2D eigenvalue weighted by molar-refractivity contribution is -0.385. The summed E-state index contributed by atoms with van der Waals surface area (Å²) in [6, 6.07) is 8.72. The number of nitro benzene ring substituents is 1. The molecule has 0 aliphatic heterocycles. The van der Waals surface area contributed by atoms with Crippen molar-refractivity contribution in [3.05, 3.63) is 62.7 Å². The van der Waals surface area contributed by atoms with Gasteiger partial charge in [-0.25, -0.2) is 0 Å². The van der Waals surface area contributed by atoms with Gasteiger partial charge in [-0.1, -0.05) is 17.7 Å². The SMILES string of the molecule is CCOC(=O)Cc1ccc(Cl)c(Oc2ccc([N+](=O)[O-])cc2CO)c1. The summed E-state index contributed by atoms with van der Waals surface area (Å²) < 4.78 is 10.6. The summed E-state index contributed by atoms with van der Waals surface area (Å²) in [4.78, 5) is 21.8. The lowest BCUT2D eigenvalue weighted by Crippen LogP contribution is -2.07. The second-order valence-electron chi connectivity index (χ2n) is 5.06. The topological polar surface area (TPSA) is 98.9 Å². The third-order valence-electron chi connectivity index (χ3n) is 3.29. The van der Waals surface area contributed by atoms with E-state index in [-0.39, 0.29) is 35.1 Å². The molecule has 0 fully saturated rings. The third-order valence-corrected chi connectivity index (χ3v) is 3.61. The van der Waals surface area contributed by atoms with Gasteiger partial charge in [-0.2, -0.15) is 0 Å². The largest absolute Gasteiger partial charge is 0.466 e. The van der Waals surface area contributed by atoms with E-state index in [0.717, 1.165) is 0 Å². The molecule has 0 aromatic heterocycles. The smallest absolute Gasteiger partial charge is 0.310 e. The first-order valence-corrected chi connectivity index (χ1v) is 7.82. The number of esters is 1. The summed E-state index contributed by atoms with van der Waals surface area (Å²) in [5.74, 6) is 0.137. The van der Waals surface area contributed by atoms with E-state index in [1.165, 1.54) is 18.2 Å². The molecule has 132 valence electrons. The van der Waals surface area contributed by atoms with E-state index in [9.17, 15) is 20.0 Å². The summed E-state index contributed by atoms with van der Waals surface area (Å²) in [7, 11) is 0. The summed E-state index contributed by atoms with van der Waals surface area (Å²) in [5, 5.41) is 20.5. The maximum Gasteiger partial charge on any atom is 0.310 e. The highest BCUT2D eigenvalue weighted by Gasteiger charge is 2.14. The number of halogens is 1. The van der Waals surface area contributed by atoms with Crippen LogP contribution in [0.3, 0.4) is 0 Å². The Balaban J connectivity index is 2.27. The van der Waals surface area contributed by atoms with Gasteiger partial charge in [-0.05, 0) is 30.7 Å². The minimum Gasteiger partial charge on any atom is -0.466 e. The Hall–Kier alpha value is -2.64. The van der Waals surface area contributed by atoms with Gasteiger partial charge >= 0.3 is 5.97 Å². The van der Waals surface area contributed by atoms with Gasteiger partial charge in [0, 0.05) is 17.7 Å². The van der Waals surface area contributed by atoms with E-state index >= 15 is 0 Å². The van der Waals surface area contributed by atoms with Crippen molar-refractivity contribution in [1.82, 2.24) is 0 Å². The van der Waals surface area contributed by atoms with Gasteiger partial charge < -0.3 is 14.6 Å². The second kappa shape index (κ2) is 8.46. The molecule has 0 saturated heterocycles. The number of non-ortho nitro benzene ring substituents is 1. The minimum atomic E-state index is -0.560. The monoisotopic (exact) mass is 365 g/mol. The molecule has 0 radical (unpaired) electrons. The van der Waals surface area contributed by atoms with E-state index in [1.807, 2.05) is 0 Å². The fraction of sp³-hybridized carbons (Fsp3) is 0.235. The van der Waals surface area contributed by atoms with Gasteiger partial charge in [0.2, 0.25) is 0 Å². The van der Waals surface area contributed by atoms with Crippen LogP contribution < -0.4 is 4.74 Å². The third kappa shape index (κ3) is 4.91. The molecule has 0 atom stereocenters. The molecule has 1 N–H and O–H groups in total. The molecular weight excluding hydrogens is 350 g/mol. The summed E-state index contributed by atoms with van der Waals surface area (Å²) in [5.41, 5.74) is 0.741. The van der Waals surface area contributed by atoms with Crippen molar-refractivity contribution in [2.45, 2.75) is 20.0 Å². The Morgan fingerprint density at radius 1 is 1.24 bits per heavy atom. The predicted octanol–water partition coefficient (Wildman–Crippen LogP) is 3.64. The Bertz CT molecular complexity index is 793. The Morgan fingerprint density at radius 2 is 2.00 bits per heavy atom. The molecule has 0 spiro atoms. The maximum absolute atomic E-state index is 11.6. The zero-order valence-electron chi connectivity index (χ0n) is 13.4. The number of aliphatic hydroxyl groups excluding tert-OH is 1. The number of rotatable bonds is 7. The molecule has 0 bridgehead atoms. The molecule has 0 aliphatic carbocycles. The molecule has 8 heteroatoms. The van der Waals surface area contributed by atoms with Gasteiger partial charge in [-0.3, -0.25) is 14.9 Å². The van der Waals surface area contributed by atoms with E-state index in [2.05, 4.69) is 0 Å². The van der Waals surface area contributed by atoms with Gasteiger partial charge in [0.25, 0.3) is 5.69 Å². The van der Waals surface area contributed by atoms with Crippen molar-refractivity contribution in [3.63, 3.8) is 0 Å². The van der Waals surface area contributed by atoms with E-state index < -0.39 is 11.5 Å². The quantitative estimate of drug-likeness (QED) is 0.457. The standard InChI is InChI=1S/C17H16ClNO6/c1-2-24-17(21)8-11-3-5-14(18)16(7-11)25-15-6-4-13(19(22)23)9-12(15)10-20/h3-7,9,20H,2,8,10H2,1H3. The van der Waals surface area contributed by atoms with Crippen molar-refractivity contribution < 1.29 is 24.3 Å². The van der Waals surface area contributed by atoms with Gasteiger partial charge in [0.05, 0.1) is 29.6 Å². The average molecular weight is 366 g/mol. The first-order chi connectivity index (χ1) is 11.9. The van der Waals surface area contributed by atoms with E-state index in [1.54, 1.807) is 25.1 Å². The lowest BCUT2D eigenvalue weighted by Gasteiger charge is -2.12. The number of nitrogens with zero attached hydrogens (tertiary/aromatic N) is 1. The first-order valence-electron chi connectivity index (χ1n) is 7.44. The highest BCUT2D eigenvalue weighted by molar-refractivity contribution is 6.32. The zero-order valence-corrected chi connectivity index (χ0v) is 14.2. The number of aliphatic hydroxyl groups is 1. The number of hydrogen-bond acceptors (Lipinski definition) is 6. The lowest BCUT2D eigenvalue weighted by atomic mass is 10.1. The van der Waals surface area contributed by atoms with Crippen LogP contribution in [0.2, 0.25) is 5.02 Å². The van der Waals surface area contributed by atoms with Crippen LogP contribution in [0.25, 0.3) is 0 Å². The molecular formula is C17H16ClNO6. The van der Waals surface area contributed by atoms with Crippen molar-refractivity contribution in [1.29, 1.82) is 0 Å². The fourth-order valence-electron chi connectivity index (χ4n) is 2.14. The molecule has 2 aromatic carbocycles. The Labute approximate surface area is 148 Å². The van der Waals surface area contributed by atoms with Gasteiger partial charge in [-0.15, -0.1) is 0 Å². The molecule has 0 unspecified atom stereocenters. The molecule has 0 aliphatic rings. The van der Waals surface area contributed by atoms with Gasteiger partial charge in [0.15, 0.2) is 0 Å². The van der Waals surface area contributed by atoms with Crippen LogP contribution >= 0.6 is 11.6 Å². The molecule has 25 heavy (non-hydrogen) atoms. The van der Waals surface area contributed by atoms with Gasteiger partial charge in [0.1, 0.15) is 11.5 Å². The zero-order chi connectivity index (χ0) is 18.4. The number of carbonyl (C=O) groups excluding carboxylic acids is 1. The maximum atomic E-state index is 11.6. The average Bonchev–Trinajstić information content (AvgIpc) is 2.58. The molecule has 2 aromatic rings. The summed E-state index contributed by atoms with van der Waals surface area (Å²) in [6.45, 7) is 1.58. The number of nitro groups is 1. The van der Waals surface area contributed by atoms with E-state index in [0.29, 0.717) is 17.2 Å². The molecule has 2 rings (SSSR count). The molecule has 0 heterocycles. The van der Waals surface area contributed by atoms with Crippen LogP contribution in [0.4, 0.5) is 5.69 Å². The van der Waals surface area contributed by atoms with E-state index in [4.69, 9.17) is 21.1 Å². The highest BCUT2D eigenvalue weighted by Crippen LogP contribution is 2.33. The number of benzene rings is 2. The van der Waals surface area contributed by atoms with Crippen LogP contribution in [-0.4, -0.2) is 22.6 Å². The van der Waals surface area contributed by atoms with Crippen molar-refractivity contribution >= 4 is 23.3 Å². The molecule has 0 amide bonds. The normalized spacial score (nSPS) is 10.4. The predicted molar refractivity (Wildman–Crippen MR) is 90.9 cm³/mol.